The monoisotopic (exact) mass is 253 g/mol. The van der Waals surface area contributed by atoms with Gasteiger partial charge in [0.25, 0.3) is 0 Å². The highest BCUT2D eigenvalue weighted by Crippen LogP contribution is 2.28. The lowest BCUT2D eigenvalue weighted by molar-refractivity contribution is 0.987. The summed E-state index contributed by atoms with van der Waals surface area (Å²) in [4.78, 5) is 2.14. The summed E-state index contributed by atoms with van der Waals surface area (Å²) in [6, 6.07) is 4.13. The predicted octanol–water partition coefficient (Wildman–Crippen LogP) is 3.19. The Kier molecular flexibility index (Phi) is 3.69. The molecule has 4 heteroatoms. The summed E-state index contributed by atoms with van der Waals surface area (Å²) < 4.78 is 1.16. The Morgan fingerprint density at radius 3 is 2.82 bits per heavy atom. The van der Waals surface area contributed by atoms with Gasteiger partial charge >= 0.3 is 0 Å². The number of alkyl halides is 1. The molecule has 1 aromatic rings. The summed E-state index contributed by atoms with van der Waals surface area (Å²) in [5, 5.41) is 1.25. The number of nitrogens with zero attached hydrogens (tertiary/aromatic N) is 1. The Bertz CT molecular complexity index is 226. The Morgan fingerprint density at radius 1 is 1.64 bits per heavy atom. The van der Waals surface area contributed by atoms with Crippen LogP contribution in [-0.4, -0.2) is 19.5 Å². The number of halogens is 2. The number of hydrogen-bond acceptors (Lipinski definition) is 2. The Morgan fingerprint density at radius 2 is 2.36 bits per heavy atom. The quantitative estimate of drug-likeness (QED) is 0.749. The molecule has 62 valence electrons. The average Bonchev–Trinajstić information content (AvgIpc) is 2.36. The van der Waals surface area contributed by atoms with Crippen LogP contribution in [-0.2, 0) is 0 Å². The van der Waals surface area contributed by atoms with Gasteiger partial charge in [0, 0.05) is 19.5 Å². The van der Waals surface area contributed by atoms with E-state index in [-0.39, 0.29) is 0 Å². The topological polar surface area (TPSA) is 3.24 Å². The molecule has 11 heavy (non-hydrogen) atoms. The van der Waals surface area contributed by atoms with Crippen molar-refractivity contribution in [3.63, 3.8) is 0 Å². The van der Waals surface area contributed by atoms with Crippen molar-refractivity contribution < 1.29 is 0 Å². The fraction of sp³-hybridized carbons (Fsp3) is 0.429. The van der Waals surface area contributed by atoms with E-state index in [1.165, 1.54) is 5.00 Å². The predicted molar refractivity (Wildman–Crippen MR) is 56.0 cm³/mol. The van der Waals surface area contributed by atoms with Crippen molar-refractivity contribution in [1.29, 1.82) is 0 Å². The third-order valence-electron chi connectivity index (χ3n) is 1.36. The maximum absolute atomic E-state index is 5.60. The van der Waals surface area contributed by atoms with E-state index in [9.17, 15) is 0 Å². The molecule has 0 spiro atoms. The fourth-order valence-electron chi connectivity index (χ4n) is 0.747. The van der Waals surface area contributed by atoms with Crippen molar-refractivity contribution in [2.24, 2.45) is 0 Å². The first-order valence-electron chi connectivity index (χ1n) is 3.26. The first kappa shape index (κ1) is 9.36. The average molecular weight is 255 g/mol. The molecule has 0 N–H and O–H groups in total. The van der Waals surface area contributed by atoms with Crippen LogP contribution in [0, 0.1) is 0 Å². The molecule has 1 heterocycles. The lowest BCUT2D eigenvalue weighted by atomic mass is 10.5. The van der Waals surface area contributed by atoms with Gasteiger partial charge in [-0.3, -0.25) is 0 Å². The molecule has 0 bridgehead atoms. The third-order valence-corrected chi connectivity index (χ3v) is 3.26. The Hall–Kier alpha value is 0.270. The second-order valence-corrected chi connectivity index (χ2v) is 5.01. The van der Waals surface area contributed by atoms with Crippen LogP contribution >= 0.6 is 38.9 Å². The minimum atomic E-state index is 0.673. The van der Waals surface area contributed by atoms with Crippen LogP contribution in [0.5, 0.6) is 0 Å². The molecule has 0 radical (unpaired) electrons. The summed E-state index contributed by atoms with van der Waals surface area (Å²) in [7, 11) is 2.04. The van der Waals surface area contributed by atoms with Crippen molar-refractivity contribution >= 4 is 43.9 Å². The zero-order valence-electron chi connectivity index (χ0n) is 6.18. The molecular formula is C7H9BrClNS. The second kappa shape index (κ2) is 4.33. The zero-order chi connectivity index (χ0) is 8.27. The van der Waals surface area contributed by atoms with E-state index in [2.05, 4.69) is 26.9 Å². The molecule has 1 aromatic heterocycles. The lowest BCUT2D eigenvalue weighted by Gasteiger charge is -2.14. The number of anilines is 1. The van der Waals surface area contributed by atoms with Crippen molar-refractivity contribution in [1.82, 2.24) is 0 Å². The van der Waals surface area contributed by atoms with Gasteiger partial charge in [0.1, 0.15) is 0 Å². The van der Waals surface area contributed by atoms with Crippen LogP contribution in [0.2, 0.25) is 0 Å². The highest BCUT2D eigenvalue weighted by Gasteiger charge is 2.01. The van der Waals surface area contributed by atoms with Crippen LogP contribution in [0.1, 0.15) is 0 Å². The highest BCUT2D eigenvalue weighted by atomic mass is 79.9. The van der Waals surface area contributed by atoms with Gasteiger partial charge in [-0.2, -0.15) is 0 Å². The molecule has 0 saturated carbocycles. The van der Waals surface area contributed by atoms with Crippen molar-refractivity contribution in [3.8, 4) is 0 Å². The molecule has 0 amide bonds. The van der Waals surface area contributed by atoms with E-state index in [1.807, 2.05) is 13.1 Å². The largest absolute Gasteiger partial charge is 0.365 e. The van der Waals surface area contributed by atoms with E-state index in [1.54, 1.807) is 11.3 Å². The van der Waals surface area contributed by atoms with E-state index in [4.69, 9.17) is 11.6 Å². The Balaban J connectivity index is 2.60. The fourth-order valence-corrected chi connectivity index (χ4v) is 2.35. The second-order valence-electron chi connectivity index (χ2n) is 2.19. The van der Waals surface area contributed by atoms with Gasteiger partial charge in [-0.05, 0) is 28.1 Å². The van der Waals surface area contributed by atoms with E-state index in [0.717, 1.165) is 10.3 Å². The van der Waals surface area contributed by atoms with Crippen molar-refractivity contribution in [3.05, 3.63) is 15.9 Å². The summed E-state index contributed by atoms with van der Waals surface area (Å²) in [6.45, 7) is 0.897. The van der Waals surface area contributed by atoms with Crippen LogP contribution in [0.25, 0.3) is 0 Å². The van der Waals surface area contributed by atoms with Gasteiger partial charge in [-0.25, -0.2) is 0 Å². The minimum absolute atomic E-state index is 0.673. The van der Waals surface area contributed by atoms with Gasteiger partial charge in [0.2, 0.25) is 0 Å². The maximum Gasteiger partial charge on any atom is 0.0918 e. The van der Waals surface area contributed by atoms with Gasteiger partial charge in [-0.1, -0.05) is 0 Å². The van der Waals surface area contributed by atoms with E-state index in [0.29, 0.717) is 5.88 Å². The van der Waals surface area contributed by atoms with Gasteiger partial charge in [0.05, 0.1) is 8.79 Å². The molecule has 0 saturated heterocycles. The van der Waals surface area contributed by atoms with Crippen molar-refractivity contribution in [2.75, 3.05) is 24.4 Å². The molecule has 0 aliphatic heterocycles. The van der Waals surface area contributed by atoms with Gasteiger partial charge in [0.15, 0.2) is 0 Å². The normalized spacial score (nSPS) is 10.1. The summed E-state index contributed by atoms with van der Waals surface area (Å²) in [6.07, 6.45) is 0. The molecule has 0 aliphatic rings. The van der Waals surface area contributed by atoms with Crippen LogP contribution < -0.4 is 4.90 Å². The summed E-state index contributed by atoms with van der Waals surface area (Å²) in [5.41, 5.74) is 0. The van der Waals surface area contributed by atoms with E-state index < -0.39 is 0 Å². The standard InChI is InChI=1S/C7H9BrClNS/c1-10(5-4-9)7-3-2-6(8)11-7/h2-3H,4-5H2,1H3. The first-order valence-corrected chi connectivity index (χ1v) is 5.41. The molecule has 1 rings (SSSR count). The molecule has 0 fully saturated rings. The van der Waals surface area contributed by atoms with E-state index >= 15 is 0 Å². The maximum atomic E-state index is 5.60. The summed E-state index contributed by atoms with van der Waals surface area (Å²) >= 11 is 10.7. The molecule has 1 nitrogen and oxygen atoms in total. The first-order chi connectivity index (χ1) is 5.24. The number of hydrogen-bond donors (Lipinski definition) is 0. The molecule has 0 unspecified atom stereocenters. The van der Waals surface area contributed by atoms with Crippen molar-refractivity contribution in [2.45, 2.75) is 0 Å². The van der Waals surface area contributed by atoms with Crippen LogP contribution in [0.15, 0.2) is 15.9 Å². The highest BCUT2D eigenvalue weighted by molar-refractivity contribution is 9.11. The molecular weight excluding hydrogens is 246 g/mol. The summed E-state index contributed by atoms with van der Waals surface area (Å²) in [5.74, 6) is 0.673. The van der Waals surface area contributed by atoms with Crippen LogP contribution in [0.4, 0.5) is 5.00 Å². The van der Waals surface area contributed by atoms with Gasteiger partial charge in [-0.15, -0.1) is 22.9 Å². The molecule has 0 aliphatic carbocycles. The minimum Gasteiger partial charge on any atom is -0.365 e. The Labute approximate surface area is 84.1 Å². The third kappa shape index (κ3) is 2.65. The van der Waals surface area contributed by atoms with Gasteiger partial charge < -0.3 is 4.90 Å². The van der Waals surface area contributed by atoms with Crippen LogP contribution in [0.3, 0.4) is 0 Å². The number of rotatable bonds is 3. The molecule has 0 atom stereocenters. The smallest absolute Gasteiger partial charge is 0.0918 e. The number of thiophene rings is 1. The molecule has 0 aromatic carbocycles. The lowest BCUT2D eigenvalue weighted by Crippen LogP contribution is -2.17. The SMILES string of the molecule is CN(CCCl)c1ccc(Br)s1. The zero-order valence-corrected chi connectivity index (χ0v) is 9.34.